The van der Waals surface area contributed by atoms with E-state index in [4.69, 9.17) is 0 Å². The summed E-state index contributed by atoms with van der Waals surface area (Å²) in [4.78, 5) is 0. The Morgan fingerprint density at radius 2 is 1.31 bits per heavy atom. The first-order valence-electron chi connectivity index (χ1n) is 6.18. The molecule has 2 saturated carbocycles. The summed E-state index contributed by atoms with van der Waals surface area (Å²) in [7, 11) is 0. The molecule has 2 aliphatic rings. The highest BCUT2D eigenvalue weighted by Crippen LogP contribution is 2.46. The third-order valence-corrected chi connectivity index (χ3v) is 4.96. The van der Waals surface area contributed by atoms with E-state index in [1.54, 1.807) is 12.8 Å². The zero-order valence-corrected chi connectivity index (χ0v) is 9.42. The maximum absolute atomic E-state index is 2.46. The molecule has 0 N–H and O–H groups in total. The Hall–Kier alpha value is 0. The van der Waals surface area contributed by atoms with Crippen molar-refractivity contribution in [2.24, 2.45) is 29.6 Å². The van der Waals surface area contributed by atoms with Crippen LogP contribution in [0.2, 0.25) is 0 Å². The first-order valence-corrected chi connectivity index (χ1v) is 6.18. The third kappa shape index (κ3) is 1.78. The van der Waals surface area contributed by atoms with Crippen LogP contribution >= 0.6 is 0 Å². The van der Waals surface area contributed by atoms with E-state index in [1.165, 1.54) is 19.3 Å². The zero-order valence-electron chi connectivity index (χ0n) is 9.42. The summed E-state index contributed by atoms with van der Waals surface area (Å²) < 4.78 is 0. The largest absolute Gasteiger partial charge is 0.0622 e. The molecule has 2 fully saturated rings. The summed E-state index contributed by atoms with van der Waals surface area (Å²) in [5, 5.41) is 0. The average Bonchev–Trinajstić information content (AvgIpc) is 1.96. The number of hydrogen-bond donors (Lipinski definition) is 0. The molecule has 0 bridgehead atoms. The highest BCUT2D eigenvalue weighted by molar-refractivity contribution is 4.86. The molecule has 0 nitrogen and oxygen atoms in total. The van der Waals surface area contributed by atoms with Crippen molar-refractivity contribution in [3.8, 4) is 0 Å². The minimum atomic E-state index is 0.969. The number of rotatable bonds is 1. The molecule has 0 aliphatic heterocycles. The van der Waals surface area contributed by atoms with E-state index < -0.39 is 0 Å². The van der Waals surface area contributed by atoms with E-state index in [1.807, 2.05) is 0 Å². The van der Waals surface area contributed by atoms with E-state index >= 15 is 0 Å². The molecule has 0 radical (unpaired) electrons. The third-order valence-electron chi connectivity index (χ3n) is 4.96. The lowest BCUT2D eigenvalue weighted by Crippen LogP contribution is -2.34. The lowest BCUT2D eigenvalue weighted by Gasteiger charge is -2.43. The van der Waals surface area contributed by atoms with Crippen molar-refractivity contribution >= 4 is 0 Å². The maximum Gasteiger partial charge on any atom is -0.0381 e. The van der Waals surface area contributed by atoms with Crippen LogP contribution in [0.15, 0.2) is 0 Å². The van der Waals surface area contributed by atoms with Gasteiger partial charge in [0, 0.05) is 0 Å². The molecule has 76 valence electrons. The Bertz CT molecular complexity index is 157. The SMILES string of the molecule is CC1CC(C2CCC2)CC(C)C1C. The molecule has 0 aromatic carbocycles. The quantitative estimate of drug-likeness (QED) is 0.570. The summed E-state index contributed by atoms with van der Waals surface area (Å²) >= 11 is 0. The van der Waals surface area contributed by atoms with Gasteiger partial charge in [-0.1, -0.05) is 40.0 Å². The van der Waals surface area contributed by atoms with E-state index in [2.05, 4.69) is 20.8 Å². The molecule has 2 unspecified atom stereocenters. The van der Waals surface area contributed by atoms with Crippen LogP contribution in [-0.4, -0.2) is 0 Å². The van der Waals surface area contributed by atoms with E-state index in [9.17, 15) is 0 Å². The highest BCUT2D eigenvalue weighted by atomic mass is 14.4. The Morgan fingerprint density at radius 1 is 0.769 bits per heavy atom. The first-order chi connectivity index (χ1) is 6.18. The topological polar surface area (TPSA) is 0 Å². The van der Waals surface area contributed by atoms with Crippen LogP contribution in [0.5, 0.6) is 0 Å². The van der Waals surface area contributed by atoms with Gasteiger partial charge in [0.25, 0.3) is 0 Å². The van der Waals surface area contributed by atoms with Crippen molar-refractivity contribution in [1.82, 2.24) is 0 Å². The molecule has 0 heterocycles. The van der Waals surface area contributed by atoms with E-state index in [-0.39, 0.29) is 0 Å². The average molecular weight is 180 g/mol. The molecule has 0 amide bonds. The van der Waals surface area contributed by atoms with Gasteiger partial charge in [-0.25, -0.2) is 0 Å². The van der Waals surface area contributed by atoms with Gasteiger partial charge in [-0.3, -0.25) is 0 Å². The van der Waals surface area contributed by atoms with Gasteiger partial charge in [0.15, 0.2) is 0 Å². The molecule has 0 aromatic heterocycles. The minimum absolute atomic E-state index is 0.969. The molecular formula is C13H24. The molecular weight excluding hydrogens is 156 g/mol. The standard InChI is InChI=1S/C13H24/c1-9-7-13(12-5-4-6-12)8-10(2)11(9)3/h9-13H,4-8H2,1-3H3. The fourth-order valence-electron chi connectivity index (χ4n) is 3.34. The summed E-state index contributed by atoms with van der Waals surface area (Å²) in [5.41, 5.74) is 0. The second-order valence-electron chi connectivity index (χ2n) is 5.74. The van der Waals surface area contributed by atoms with Crippen molar-refractivity contribution in [2.75, 3.05) is 0 Å². The zero-order chi connectivity index (χ0) is 9.42. The van der Waals surface area contributed by atoms with Crippen molar-refractivity contribution in [2.45, 2.75) is 52.9 Å². The lowest BCUT2D eigenvalue weighted by molar-refractivity contribution is 0.0706. The van der Waals surface area contributed by atoms with Gasteiger partial charge in [0.2, 0.25) is 0 Å². The van der Waals surface area contributed by atoms with Crippen molar-refractivity contribution in [3.05, 3.63) is 0 Å². The van der Waals surface area contributed by atoms with Crippen molar-refractivity contribution in [1.29, 1.82) is 0 Å². The highest BCUT2D eigenvalue weighted by Gasteiger charge is 2.36. The van der Waals surface area contributed by atoms with Crippen LogP contribution in [0.3, 0.4) is 0 Å². The predicted molar refractivity (Wildman–Crippen MR) is 57.6 cm³/mol. The van der Waals surface area contributed by atoms with Gasteiger partial charge in [0.05, 0.1) is 0 Å². The molecule has 0 saturated heterocycles. The smallest absolute Gasteiger partial charge is 0.0381 e. The predicted octanol–water partition coefficient (Wildman–Crippen LogP) is 4.10. The van der Waals surface area contributed by atoms with Crippen LogP contribution in [0.4, 0.5) is 0 Å². The maximum atomic E-state index is 2.46. The van der Waals surface area contributed by atoms with E-state index in [0.717, 1.165) is 29.6 Å². The van der Waals surface area contributed by atoms with Crippen LogP contribution in [0.1, 0.15) is 52.9 Å². The van der Waals surface area contributed by atoms with Crippen molar-refractivity contribution < 1.29 is 0 Å². The Balaban J connectivity index is 1.92. The molecule has 0 aromatic rings. The van der Waals surface area contributed by atoms with Gasteiger partial charge in [-0.15, -0.1) is 0 Å². The van der Waals surface area contributed by atoms with Gasteiger partial charge >= 0.3 is 0 Å². The van der Waals surface area contributed by atoms with E-state index in [0.29, 0.717) is 0 Å². The number of hydrogen-bond acceptors (Lipinski definition) is 0. The van der Waals surface area contributed by atoms with Crippen LogP contribution in [0, 0.1) is 29.6 Å². The van der Waals surface area contributed by atoms with Gasteiger partial charge in [-0.05, 0) is 42.4 Å². The minimum Gasteiger partial charge on any atom is -0.0622 e. The summed E-state index contributed by atoms with van der Waals surface area (Å²) in [5.74, 6) is 5.15. The lowest BCUT2D eigenvalue weighted by atomic mass is 9.62. The molecule has 0 heteroatoms. The van der Waals surface area contributed by atoms with Crippen molar-refractivity contribution in [3.63, 3.8) is 0 Å². The van der Waals surface area contributed by atoms with Gasteiger partial charge in [0.1, 0.15) is 0 Å². The monoisotopic (exact) mass is 180 g/mol. The Kier molecular flexibility index (Phi) is 2.67. The summed E-state index contributed by atoms with van der Waals surface area (Å²) in [6, 6.07) is 0. The molecule has 13 heavy (non-hydrogen) atoms. The van der Waals surface area contributed by atoms with Crippen LogP contribution < -0.4 is 0 Å². The molecule has 2 aliphatic carbocycles. The summed E-state index contributed by atoms with van der Waals surface area (Å²) in [6.45, 7) is 7.38. The Morgan fingerprint density at radius 3 is 1.69 bits per heavy atom. The molecule has 2 rings (SSSR count). The normalized spacial score (nSPS) is 47.3. The second kappa shape index (κ2) is 3.63. The van der Waals surface area contributed by atoms with Gasteiger partial charge in [-0.2, -0.15) is 0 Å². The van der Waals surface area contributed by atoms with Gasteiger partial charge < -0.3 is 0 Å². The summed E-state index contributed by atoms with van der Waals surface area (Å²) in [6.07, 6.45) is 7.64. The Labute approximate surface area is 83.1 Å². The van der Waals surface area contributed by atoms with Crippen LogP contribution in [0.25, 0.3) is 0 Å². The van der Waals surface area contributed by atoms with Crippen LogP contribution in [-0.2, 0) is 0 Å². The first kappa shape index (κ1) is 9.55. The molecule has 0 spiro atoms. The fourth-order valence-corrected chi connectivity index (χ4v) is 3.34. The molecule has 2 atom stereocenters. The second-order valence-corrected chi connectivity index (χ2v) is 5.74. The fraction of sp³-hybridized carbons (Fsp3) is 1.00.